The Hall–Kier alpha value is -0.785. The fraction of sp³-hybridized carbons (Fsp3) is 0.583. The fourth-order valence-corrected chi connectivity index (χ4v) is 1.57. The maximum Gasteiger partial charge on any atom is 0.115 e. The van der Waals surface area contributed by atoms with Crippen LogP contribution in [0.3, 0.4) is 0 Å². The van der Waals surface area contributed by atoms with Gasteiger partial charge in [0.05, 0.1) is 0 Å². The van der Waals surface area contributed by atoms with Crippen molar-refractivity contribution in [2.45, 2.75) is 33.6 Å². The van der Waals surface area contributed by atoms with E-state index in [0.717, 1.165) is 18.6 Å². The maximum atomic E-state index is 5.61. The topological polar surface area (TPSA) is 12.4 Å². The summed E-state index contributed by atoms with van der Waals surface area (Å²) in [6.07, 6.45) is 4.36. The number of hydrogen-bond acceptors (Lipinski definition) is 1. The largest absolute Gasteiger partial charge is 0.289 e. The minimum atomic E-state index is 0.540. The lowest BCUT2D eigenvalue weighted by Gasteiger charge is -2.13. The molecule has 0 aliphatic heterocycles. The third kappa shape index (κ3) is 3.95. The van der Waals surface area contributed by atoms with E-state index in [1.807, 2.05) is 6.08 Å². The second-order valence-corrected chi connectivity index (χ2v) is 3.54. The van der Waals surface area contributed by atoms with E-state index in [0.29, 0.717) is 11.4 Å². The first-order chi connectivity index (χ1) is 6.56. The van der Waals surface area contributed by atoms with Gasteiger partial charge in [-0.15, -0.1) is 6.58 Å². The van der Waals surface area contributed by atoms with Crippen molar-refractivity contribution in [3.63, 3.8) is 0 Å². The predicted molar refractivity (Wildman–Crippen MR) is 66.1 cm³/mol. The van der Waals surface area contributed by atoms with Gasteiger partial charge in [-0.3, -0.25) is 4.99 Å². The van der Waals surface area contributed by atoms with E-state index in [2.05, 4.69) is 32.3 Å². The van der Waals surface area contributed by atoms with E-state index in [9.17, 15) is 0 Å². The van der Waals surface area contributed by atoms with Crippen LogP contribution >= 0.6 is 0 Å². The summed E-state index contributed by atoms with van der Waals surface area (Å²) in [5.41, 5.74) is 2.68. The zero-order chi connectivity index (χ0) is 11.1. The van der Waals surface area contributed by atoms with Crippen molar-refractivity contribution in [3.05, 3.63) is 23.7 Å². The molecular weight excluding hydrogens is 169 g/mol. The number of hydrogen-bond donors (Lipinski definition) is 0. The molecule has 0 rings (SSSR count). The first kappa shape index (κ1) is 13.2. The molecule has 0 atom stereocenters. The number of nitrogens with zero attached hydrogens (tertiary/aromatic N) is 1. The third-order valence-electron chi connectivity index (χ3n) is 2.56. The van der Waals surface area contributed by atoms with Crippen LogP contribution in [0.5, 0.6) is 0 Å². The smallest absolute Gasteiger partial charge is 0.115 e. The monoisotopic (exact) mass is 189 g/mol. The molecule has 0 aromatic heterocycles. The molecule has 76 valence electrons. The lowest BCUT2D eigenvalue weighted by Crippen LogP contribution is -2.04. The van der Waals surface area contributed by atoms with E-state index < -0.39 is 0 Å². The zero-order valence-electron chi connectivity index (χ0n) is 9.80. The van der Waals surface area contributed by atoms with Crippen LogP contribution in [0.1, 0.15) is 33.6 Å². The van der Waals surface area contributed by atoms with Crippen LogP contribution in [0.25, 0.3) is 0 Å². The lowest BCUT2D eigenvalue weighted by atomic mass is 9.88. The molecule has 0 aliphatic rings. The van der Waals surface area contributed by atoms with Crippen LogP contribution in [0.15, 0.2) is 28.7 Å². The van der Waals surface area contributed by atoms with Gasteiger partial charge in [-0.25, -0.2) is 0 Å². The highest BCUT2D eigenvalue weighted by atomic mass is 14.7. The molecule has 14 heavy (non-hydrogen) atoms. The van der Waals surface area contributed by atoms with Crippen LogP contribution in [0.2, 0.25) is 0 Å². The summed E-state index contributed by atoms with van der Waals surface area (Å²) < 4.78 is 0. The van der Waals surface area contributed by atoms with Crippen molar-refractivity contribution < 1.29 is 0 Å². The summed E-state index contributed by atoms with van der Waals surface area (Å²) >= 11 is 0. The summed E-state index contributed by atoms with van der Waals surface area (Å²) in [7, 11) is 7.35. The molecule has 0 unspecified atom stereocenters. The van der Waals surface area contributed by atoms with Gasteiger partial charge in [0.2, 0.25) is 0 Å². The van der Waals surface area contributed by atoms with E-state index in [1.165, 1.54) is 5.57 Å². The molecule has 1 nitrogen and oxygen atoms in total. The van der Waals surface area contributed by atoms with Crippen LogP contribution in [0, 0.1) is 5.92 Å². The second-order valence-electron chi connectivity index (χ2n) is 3.54. The first-order valence-electron chi connectivity index (χ1n) is 5.16. The Bertz CT molecular complexity index is 247. The predicted octanol–water partition coefficient (Wildman–Crippen LogP) is 3.12. The Kier molecular flexibility index (Phi) is 6.26. The first-order valence-corrected chi connectivity index (χ1v) is 5.16. The van der Waals surface area contributed by atoms with Gasteiger partial charge in [-0.1, -0.05) is 24.9 Å². The van der Waals surface area contributed by atoms with E-state index in [-0.39, 0.29) is 0 Å². The molecule has 2 heteroatoms. The SMILES string of the molecule is [B]C(=C)C(/C=C(/C)C(CC)CC)=NC. The molecule has 0 N–H and O–H groups in total. The van der Waals surface area contributed by atoms with Gasteiger partial charge in [0.1, 0.15) is 7.85 Å². The van der Waals surface area contributed by atoms with Crippen LogP contribution < -0.4 is 0 Å². The molecule has 0 saturated carbocycles. The Balaban J connectivity index is 4.71. The van der Waals surface area contributed by atoms with Crippen LogP contribution in [-0.4, -0.2) is 20.6 Å². The number of allylic oxidation sites excluding steroid dienone is 3. The molecule has 0 bridgehead atoms. The van der Waals surface area contributed by atoms with Crippen LogP contribution in [0.4, 0.5) is 0 Å². The summed E-state index contributed by atoms with van der Waals surface area (Å²) in [6.45, 7) is 10.2. The minimum absolute atomic E-state index is 0.540. The van der Waals surface area contributed by atoms with E-state index >= 15 is 0 Å². The second kappa shape index (κ2) is 6.64. The minimum Gasteiger partial charge on any atom is -0.289 e. The Morgan fingerprint density at radius 3 is 2.21 bits per heavy atom. The fourth-order valence-electron chi connectivity index (χ4n) is 1.57. The van der Waals surface area contributed by atoms with Crippen molar-refractivity contribution in [1.29, 1.82) is 0 Å². The molecule has 0 spiro atoms. The summed E-state index contributed by atoms with van der Waals surface area (Å²) in [5.74, 6) is 0.631. The molecule has 0 aromatic carbocycles. The highest BCUT2D eigenvalue weighted by Gasteiger charge is 2.06. The van der Waals surface area contributed by atoms with Gasteiger partial charge in [0.25, 0.3) is 0 Å². The molecule has 0 saturated heterocycles. The molecular formula is C12H20BN. The van der Waals surface area contributed by atoms with Gasteiger partial charge < -0.3 is 0 Å². The average Bonchev–Trinajstić information content (AvgIpc) is 2.15. The van der Waals surface area contributed by atoms with Crippen molar-refractivity contribution in [1.82, 2.24) is 0 Å². The van der Waals surface area contributed by atoms with Gasteiger partial charge >= 0.3 is 0 Å². The van der Waals surface area contributed by atoms with E-state index in [4.69, 9.17) is 7.85 Å². The molecule has 0 aliphatic carbocycles. The molecule has 0 heterocycles. The molecule has 2 radical (unpaired) electrons. The molecule has 0 aromatic rings. The van der Waals surface area contributed by atoms with Gasteiger partial charge in [-0.05, 0) is 31.8 Å². The normalized spacial score (nSPS) is 13.5. The Morgan fingerprint density at radius 2 is 1.93 bits per heavy atom. The quantitative estimate of drug-likeness (QED) is 0.465. The van der Waals surface area contributed by atoms with Crippen molar-refractivity contribution in [2.24, 2.45) is 10.9 Å². The lowest BCUT2D eigenvalue weighted by molar-refractivity contribution is 0.572. The van der Waals surface area contributed by atoms with Gasteiger partial charge in [0, 0.05) is 12.8 Å². The average molecular weight is 189 g/mol. The van der Waals surface area contributed by atoms with Crippen molar-refractivity contribution >= 4 is 13.6 Å². The van der Waals surface area contributed by atoms with Gasteiger partial charge in [-0.2, -0.15) is 0 Å². The summed E-state index contributed by atoms with van der Waals surface area (Å²) in [4.78, 5) is 4.09. The Morgan fingerprint density at radius 1 is 1.43 bits per heavy atom. The standard InChI is InChI=1S/C12H20BN/c1-6-11(7-2)9(3)8-12(14-5)10(4)13/h8,11H,4,6-7H2,1-3,5H3/b9-8-,14-12?. The zero-order valence-corrected chi connectivity index (χ0v) is 9.80. The Labute approximate surface area is 89.4 Å². The highest BCUT2D eigenvalue weighted by Crippen LogP contribution is 2.18. The van der Waals surface area contributed by atoms with E-state index in [1.54, 1.807) is 7.05 Å². The highest BCUT2D eigenvalue weighted by molar-refractivity contribution is 6.40. The van der Waals surface area contributed by atoms with Crippen molar-refractivity contribution in [3.8, 4) is 0 Å². The summed E-state index contributed by atoms with van der Waals surface area (Å²) in [5, 5.41) is 0. The van der Waals surface area contributed by atoms with Gasteiger partial charge in [0.15, 0.2) is 0 Å². The molecule has 0 amide bonds. The molecule has 0 fully saturated rings. The van der Waals surface area contributed by atoms with Crippen molar-refractivity contribution in [2.75, 3.05) is 7.05 Å². The number of aliphatic imine (C=N–C) groups is 1. The third-order valence-corrected chi connectivity index (χ3v) is 2.56. The summed E-state index contributed by atoms with van der Waals surface area (Å²) in [6, 6.07) is 0. The van der Waals surface area contributed by atoms with Crippen LogP contribution in [-0.2, 0) is 0 Å². The number of rotatable bonds is 5. The maximum absolute atomic E-state index is 5.61.